The maximum Gasteiger partial charge on any atom is 0.338 e. The number of esters is 1. The van der Waals surface area contributed by atoms with Crippen LogP contribution in [0.4, 0.5) is 0 Å². The van der Waals surface area contributed by atoms with Crippen LogP contribution in [0.2, 0.25) is 0 Å². The number of rotatable bonds is 8. The molecule has 3 rings (SSSR count). The Morgan fingerprint density at radius 2 is 1.97 bits per heavy atom. The van der Waals surface area contributed by atoms with Crippen molar-refractivity contribution in [1.29, 1.82) is 0 Å². The first-order valence-corrected chi connectivity index (χ1v) is 9.28. The van der Waals surface area contributed by atoms with Crippen LogP contribution < -0.4 is 5.43 Å². The van der Waals surface area contributed by atoms with Crippen LogP contribution in [-0.4, -0.2) is 29.7 Å². The molecule has 148 valence electrons. The Kier molecular flexibility index (Phi) is 6.89. The molecule has 0 spiro atoms. The van der Waals surface area contributed by atoms with Gasteiger partial charge in [-0.2, -0.15) is 5.10 Å². The molecule has 2 heterocycles. The van der Waals surface area contributed by atoms with Gasteiger partial charge in [0.1, 0.15) is 11.5 Å². The lowest BCUT2D eigenvalue weighted by Crippen LogP contribution is -2.17. The van der Waals surface area contributed by atoms with Crippen molar-refractivity contribution >= 4 is 18.1 Å². The molecule has 1 aromatic carbocycles. The van der Waals surface area contributed by atoms with Crippen molar-refractivity contribution < 1.29 is 18.7 Å². The average molecular weight is 391 g/mol. The monoisotopic (exact) mass is 391 g/mol. The summed E-state index contributed by atoms with van der Waals surface area (Å²) in [7, 11) is 0. The van der Waals surface area contributed by atoms with Gasteiger partial charge in [-0.15, -0.1) is 0 Å². The van der Waals surface area contributed by atoms with Crippen LogP contribution in [0.3, 0.4) is 0 Å². The molecule has 0 bridgehead atoms. The number of hydrazone groups is 1. The Labute approximate surface area is 168 Å². The molecular formula is C22H21N3O4. The molecule has 0 saturated heterocycles. The smallest absolute Gasteiger partial charge is 0.338 e. The summed E-state index contributed by atoms with van der Waals surface area (Å²) in [5.74, 6) is 0.412. The molecule has 3 aromatic rings. The fraction of sp³-hybridized carbons (Fsp3) is 0.182. The van der Waals surface area contributed by atoms with E-state index < -0.39 is 0 Å². The van der Waals surface area contributed by atoms with Gasteiger partial charge < -0.3 is 9.15 Å². The number of pyridine rings is 1. The fourth-order valence-corrected chi connectivity index (χ4v) is 2.46. The summed E-state index contributed by atoms with van der Waals surface area (Å²) < 4.78 is 10.9. The number of carbonyl (C=O) groups is 2. The van der Waals surface area contributed by atoms with Crippen molar-refractivity contribution in [3.63, 3.8) is 0 Å². The molecule has 29 heavy (non-hydrogen) atoms. The summed E-state index contributed by atoms with van der Waals surface area (Å²) in [5, 5.41) is 3.89. The highest BCUT2D eigenvalue weighted by atomic mass is 16.5. The molecule has 0 aliphatic heterocycles. The number of hydrogen-bond acceptors (Lipinski definition) is 6. The molecule has 0 fully saturated rings. The number of aromatic nitrogens is 1. The number of unbranched alkanes of at least 4 members (excludes halogenated alkanes) is 1. The lowest BCUT2D eigenvalue weighted by atomic mass is 10.1. The third kappa shape index (κ3) is 5.62. The van der Waals surface area contributed by atoms with Crippen LogP contribution in [0.5, 0.6) is 0 Å². The van der Waals surface area contributed by atoms with Crippen LogP contribution >= 0.6 is 0 Å². The van der Waals surface area contributed by atoms with Gasteiger partial charge in [0.15, 0.2) is 0 Å². The molecule has 0 aliphatic rings. The Morgan fingerprint density at radius 3 is 2.69 bits per heavy atom. The van der Waals surface area contributed by atoms with Crippen LogP contribution in [0, 0.1) is 0 Å². The molecule has 0 aliphatic carbocycles. The number of carbonyl (C=O) groups excluding carboxylic acids is 2. The van der Waals surface area contributed by atoms with Gasteiger partial charge in [-0.25, -0.2) is 10.2 Å². The van der Waals surface area contributed by atoms with Crippen molar-refractivity contribution in [3.8, 4) is 11.3 Å². The van der Waals surface area contributed by atoms with Crippen LogP contribution in [0.15, 0.2) is 70.4 Å². The zero-order chi connectivity index (χ0) is 20.5. The van der Waals surface area contributed by atoms with Gasteiger partial charge in [-0.1, -0.05) is 25.5 Å². The highest BCUT2D eigenvalue weighted by Gasteiger charge is 2.09. The molecule has 2 aromatic heterocycles. The minimum Gasteiger partial charge on any atom is -0.462 e. The van der Waals surface area contributed by atoms with Crippen molar-refractivity contribution in [2.75, 3.05) is 6.61 Å². The van der Waals surface area contributed by atoms with E-state index in [1.54, 1.807) is 54.7 Å². The maximum atomic E-state index is 11.9. The number of benzene rings is 1. The number of furan rings is 1. The van der Waals surface area contributed by atoms with Gasteiger partial charge in [0.25, 0.3) is 5.91 Å². The largest absolute Gasteiger partial charge is 0.462 e. The van der Waals surface area contributed by atoms with Gasteiger partial charge in [-0.05, 0) is 42.8 Å². The molecule has 7 heteroatoms. The van der Waals surface area contributed by atoms with Crippen LogP contribution in [0.25, 0.3) is 11.3 Å². The Morgan fingerprint density at radius 1 is 1.14 bits per heavy atom. The van der Waals surface area contributed by atoms with E-state index in [-0.39, 0.29) is 11.9 Å². The summed E-state index contributed by atoms with van der Waals surface area (Å²) in [4.78, 5) is 27.7. The van der Waals surface area contributed by atoms with Gasteiger partial charge >= 0.3 is 5.97 Å². The zero-order valence-electron chi connectivity index (χ0n) is 16.0. The molecule has 7 nitrogen and oxygen atoms in total. The number of ether oxygens (including phenoxy) is 1. The topological polar surface area (TPSA) is 93.8 Å². The fourth-order valence-electron chi connectivity index (χ4n) is 2.46. The quantitative estimate of drug-likeness (QED) is 0.270. The first-order valence-electron chi connectivity index (χ1n) is 9.28. The number of nitrogens with zero attached hydrogens (tertiary/aromatic N) is 2. The second kappa shape index (κ2) is 9.98. The Hall–Kier alpha value is -3.74. The third-order valence-electron chi connectivity index (χ3n) is 4.04. The van der Waals surface area contributed by atoms with E-state index in [0.717, 1.165) is 18.4 Å². The van der Waals surface area contributed by atoms with Crippen molar-refractivity contribution in [2.45, 2.75) is 19.8 Å². The molecule has 1 amide bonds. The molecule has 0 unspecified atom stereocenters. The predicted octanol–water partition coefficient (Wildman–Crippen LogP) is 4.06. The molecular weight excluding hydrogens is 370 g/mol. The van der Waals surface area contributed by atoms with E-state index in [4.69, 9.17) is 9.15 Å². The van der Waals surface area contributed by atoms with Gasteiger partial charge in [0, 0.05) is 18.0 Å². The normalized spacial score (nSPS) is 10.8. The lowest BCUT2D eigenvalue weighted by Gasteiger charge is -2.04. The summed E-state index contributed by atoms with van der Waals surface area (Å²) in [6.07, 6.45) is 6.29. The SMILES string of the molecule is CCCCOC(=O)c1ccc(-c2ccc(/C=N\NC(=O)c3cccnc3)o2)cc1. The summed E-state index contributed by atoms with van der Waals surface area (Å²) in [6.45, 7) is 2.47. The summed E-state index contributed by atoms with van der Waals surface area (Å²) in [5.41, 5.74) is 4.14. The Bertz CT molecular complexity index is 979. The lowest BCUT2D eigenvalue weighted by molar-refractivity contribution is 0.0499. The average Bonchev–Trinajstić information content (AvgIpc) is 3.23. The predicted molar refractivity (Wildman–Crippen MR) is 109 cm³/mol. The number of nitrogens with one attached hydrogen (secondary N) is 1. The minimum atomic E-state index is -0.359. The minimum absolute atomic E-state index is 0.332. The standard InChI is InChI=1S/C22H21N3O4/c1-2-3-13-28-22(27)17-8-6-16(7-9-17)20-11-10-19(29-20)15-24-25-21(26)18-5-4-12-23-14-18/h4-12,14-15H,2-3,13H2,1H3,(H,25,26)/b24-15-. The van der Waals surface area contributed by atoms with Crippen molar-refractivity contribution in [2.24, 2.45) is 5.10 Å². The highest BCUT2D eigenvalue weighted by molar-refractivity contribution is 5.94. The van der Waals surface area contributed by atoms with E-state index in [2.05, 4.69) is 15.5 Å². The second-order valence-electron chi connectivity index (χ2n) is 6.21. The van der Waals surface area contributed by atoms with E-state index in [1.807, 2.05) is 6.92 Å². The van der Waals surface area contributed by atoms with Crippen molar-refractivity contribution in [1.82, 2.24) is 10.4 Å². The van der Waals surface area contributed by atoms with Crippen molar-refractivity contribution in [3.05, 3.63) is 77.8 Å². The summed E-state index contributed by atoms with van der Waals surface area (Å²) >= 11 is 0. The van der Waals surface area contributed by atoms with Gasteiger partial charge in [-0.3, -0.25) is 9.78 Å². The highest BCUT2D eigenvalue weighted by Crippen LogP contribution is 2.22. The first kappa shape index (κ1) is 20.0. The third-order valence-corrected chi connectivity index (χ3v) is 4.04. The van der Waals surface area contributed by atoms with E-state index in [1.165, 1.54) is 12.4 Å². The van der Waals surface area contributed by atoms with Gasteiger partial charge in [0.2, 0.25) is 0 Å². The maximum absolute atomic E-state index is 11.9. The van der Waals surface area contributed by atoms with E-state index in [9.17, 15) is 9.59 Å². The summed E-state index contributed by atoms with van der Waals surface area (Å²) in [6, 6.07) is 13.8. The second-order valence-corrected chi connectivity index (χ2v) is 6.21. The molecule has 1 N–H and O–H groups in total. The molecule has 0 atom stereocenters. The molecule has 0 radical (unpaired) electrons. The van der Waals surface area contributed by atoms with E-state index in [0.29, 0.717) is 29.3 Å². The van der Waals surface area contributed by atoms with Crippen LogP contribution in [-0.2, 0) is 4.74 Å². The molecule has 0 saturated carbocycles. The Balaban J connectivity index is 1.58. The number of amides is 1. The first-order chi connectivity index (χ1) is 14.2. The number of hydrogen-bond donors (Lipinski definition) is 1. The van der Waals surface area contributed by atoms with E-state index >= 15 is 0 Å². The van der Waals surface area contributed by atoms with Gasteiger partial charge in [0.05, 0.1) is 23.9 Å². The zero-order valence-corrected chi connectivity index (χ0v) is 16.0. The van der Waals surface area contributed by atoms with Crippen LogP contribution in [0.1, 0.15) is 46.2 Å².